The molecule has 0 fully saturated rings. The molecule has 0 radical (unpaired) electrons. The van der Waals surface area contributed by atoms with Crippen molar-refractivity contribution in [3.63, 3.8) is 0 Å². The van der Waals surface area contributed by atoms with Crippen LogP contribution in [0.3, 0.4) is 0 Å². The molecule has 0 saturated carbocycles. The number of sulfonamides is 1. The molecular formula is C21H23N3O4S2. The molecule has 1 aromatic heterocycles. The SMILES string of the molecule is Cc1nc(N(Cc2ccccc2)S(=O)(=O)c2cccc([N+](=O)[O-])c2)sc1C(C)(C)C. The predicted molar refractivity (Wildman–Crippen MR) is 118 cm³/mol. The molecule has 30 heavy (non-hydrogen) atoms. The Labute approximate surface area is 180 Å². The fraction of sp³-hybridized carbons (Fsp3) is 0.286. The molecule has 0 amide bonds. The van der Waals surface area contributed by atoms with E-state index in [1.54, 1.807) is 0 Å². The smallest absolute Gasteiger partial charge is 0.258 e. The van der Waals surface area contributed by atoms with Crippen LogP contribution in [0.5, 0.6) is 0 Å². The minimum absolute atomic E-state index is 0.0718. The van der Waals surface area contributed by atoms with E-state index < -0.39 is 14.9 Å². The van der Waals surface area contributed by atoms with E-state index in [9.17, 15) is 18.5 Å². The number of hydrogen-bond donors (Lipinski definition) is 0. The normalized spacial score (nSPS) is 12.0. The molecule has 0 aliphatic heterocycles. The van der Waals surface area contributed by atoms with E-state index in [-0.39, 0.29) is 22.5 Å². The van der Waals surface area contributed by atoms with Crippen LogP contribution in [0.1, 0.15) is 36.9 Å². The number of nitrogens with zero attached hydrogens (tertiary/aromatic N) is 3. The summed E-state index contributed by atoms with van der Waals surface area (Å²) in [6, 6.07) is 14.3. The van der Waals surface area contributed by atoms with Crippen molar-refractivity contribution in [2.75, 3.05) is 4.31 Å². The van der Waals surface area contributed by atoms with Crippen LogP contribution in [0.25, 0.3) is 0 Å². The summed E-state index contributed by atoms with van der Waals surface area (Å²) in [5.74, 6) is 0. The van der Waals surface area contributed by atoms with Crippen molar-refractivity contribution in [2.24, 2.45) is 0 Å². The van der Waals surface area contributed by atoms with E-state index in [1.165, 1.54) is 33.8 Å². The maximum Gasteiger partial charge on any atom is 0.270 e. The van der Waals surface area contributed by atoms with Crippen LogP contribution in [0, 0.1) is 17.0 Å². The lowest BCUT2D eigenvalue weighted by Gasteiger charge is -2.22. The van der Waals surface area contributed by atoms with Gasteiger partial charge in [0, 0.05) is 17.0 Å². The van der Waals surface area contributed by atoms with Crippen LogP contribution in [0.4, 0.5) is 10.8 Å². The molecule has 0 unspecified atom stereocenters. The van der Waals surface area contributed by atoms with Crippen molar-refractivity contribution in [1.29, 1.82) is 0 Å². The van der Waals surface area contributed by atoms with Gasteiger partial charge in [-0.25, -0.2) is 17.7 Å². The highest BCUT2D eigenvalue weighted by Crippen LogP contribution is 2.38. The zero-order valence-corrected chi connectivity index (χ0v) is 18.8. The number of thiazole rings is 1. The molecule has 158 valence electrons. The third-order valence-corrected chi connectivity index (χ3v) is 7.92. The highest BCUT2D eigenvalue weighted by molar-refractivity contribution is 7.93. The Morgan fingerprint density at radius 2 is 1.77 bits per heavy atom. The highest BCUT2D eigenvalue weighted by Gasteiger charge is 2.31. The number of non-ortho nitro benzene ring substituents is 1. The Balaban J connectivity index is 2.15. The number of rotatable bonds is 6. The van der Waals surface area contributed by atoms with Crippen LogP contribution in [-0.2, 0) is 22.0 Å². The standard InChI is InChI=1S/C21H23N3O4S2/c1-15-19(21(2,3)4)29-20(22-15)23(14-16-9-6-5-7-10-16)30(27,28)18-12-8-11-17(13-18)24(25)26/h5-13H,14H2,1-4H3. The van der Waals surface area contributed by atoms with Crippen molar-refractivity contribution in [3.05, 3.63) is 80.8 Å². The number of nitro groups is 1. The third kappa shape index (κ3) is 4.52. The summed E-state index contributed by atoms with van der Waals surface area (Å²) in [6.45, 7) is 8.08. The number of aromatic nitrogens is 1. The van der Waals surface area contributed by atoms with Gasteiger partial charge in [-0.05, 0) is 24.0 Å². The average molecular weight is 446 g/mol. The van der Waals surface area contributed by atoms with Crippen molar-refractivity contribution < 1.29 is 13.3 Å². The van der Waals surface area contributed by atoms with Gasteiger partial charge in [-0.3, -0.25) is 10.1 Å². The molecule has 0 spiro atoms. The molecule has 0 aliphatic carbocycles. The largest absolute Gasteiger partial charge is 0.270 e. The summed E-state index contributed by atoms with van der Waals surface area (Å²) in [5, 5.41) is 11.5. The monoisotopic (exact) mass is 445 g/mol. The summed E-state index contributed by atoms with van der Waals surface area (Å²) in [5.41, 5.74) is 1.10. The molecule has 7 nitrogen and oxygen atoms in total. The molecular weight excluding hydrogens is 422 g/mol. The summed E-state index contributed by atoms with van der Waals surface area (Å²) in [7, 11) is -4.08. The van der Waals surface area contributed by atoms with E-state index in [0.29, 0.717) is 5.13 Å². The van der Waals surface area contributed by atoms with Crippen LogP contribution < -0.4 is 4.31 Å². The van der Waals surface area contributed by atoms with E-state index in [0.717, 1.165) is 22.2 Å². The molecule has 0 aliphatic rings. The molecule has 1 heterocycles. The maximum atomic E-state index is 13.6. The van der Waals surface area contributed by atoms with E-state index in [2.05, 4.69) is 4.98 Å². The van der Waals surface area contributed by atoms with Crippen molar-refractivity contribution in [3.8, 4) is 0 Å². The van der Waals surface area contributed by atoms with Crippen LogP contribution in [0.15, 0.2) is 59.5 Å². The van der Waals surface area contributed by atoms with Gasteiger partial charge in [0.05, 0.1) is 22.1 Å². The lowest BCUT2D eigenvalue weighted by atomic mass is 9.94. The number of benzene rings is 2. The Hall–Kier alpha value is -2.78. The first-order valence-electron chi connectivity index (χ1n) is 9.29. The summed E-state index contributed by atoms with van der Waals surface area (Å²) in [6.07, 6.45) is 0. The van der Waals surface area contributed by atoms with Gasteiger partial charge in [-0.2, -0.15) is 0 Å². The lowest BCUT2D eigenvalue weighted by molar-refractivity contribution is -0.385. The first kappa shape index (κ1) is 21.9. The minimum Gasteiger partial charge on any atom is -0.258 e. The zero-order chi connectivity index (χ0) is 22.1. The molecule has 0 saturated heterocycles. The Morgan fingerprint density at radius 1 is 1.10 bits per heavy atom. The second-order valence-corrected chi connectivity index (χ2v) is 10.8. The molecule has 2 aromatic carbocycles. The van der Waals surface area contributed by atoms with Crippen molar-refractivity contribution in [1.82, 2.24) is 4.98 Å². The fourth-order valence-corrected chi connectivity index (χ4v) is 5.85. The molecule has 9 heteroatoms. The minimum atomic E-state index is -4.08. The predicted octanol–water partition coefficient (Wildman–Crippen LogP) is 5.05. The van der Waals surface area contributed by atoms with Gasteiger partial charge >= 0.3 is 0 Å². The molecule has 0 bridgehead atoms. The second kappa shape index (κ2) is 8.16. The number of nitro benzene ring substituents is 1. The van der Waals surface area contributed by atoms with E-state index >= 15 is 0 Å². The Morgan fingerprint density at radius 3 is 2.33 bits per heavy atom. The topological polar surface area (TPSA) is 93.4 Å². The summed E-state index contributed by atoms with van der Waals surface area (Å²) in [4.78, 5) is 16.0. The number of aryl methyl sites for hydroxylation is 1. The quantitative estimate of drug-likeness (QED) is 0.391. The second-order valence-electron chi connectivity index (χ2n) is 7.91. The van der Waals surface area contributed by atoms with E-state index in [4.69, 9.17) is 0 Å². The Bertz CT molecular complexity index is 1170. The first-order valence-corrected chi connectivity index (χ1v) is 11.5. The third-order valence-electron chi connectivity index (χ3n) is 4.47. The summed E-state index contributed by atoms with van der Waals surface area (Å²) >= 11 is 1.33. The average Bonchev–Trinajstić information content (AvgIpc) is 3.08. The molecule has 3 aromatic rings. The van der Waals surface area contributed by atoms with Crippen LogP contribution >= 0.6 is 11.3 Å². The van der Waals surface area contributed by atoms with Crippen LogP contribution in [-0.4, -0.2) is 18.3 Å². The highest BCUT2D eigenvalue weighted by atomic mass is 32.2. The van der Waals surface area contributed by atoms with Gasteiger partial charge in [-0.1, -0.05) is 57.2 Å². The van der Waals surface area contributed by atoms with Gasteiger partial charge in [0.25, 0.3) is 15.7 Å². The number of anilines is 1. The zero-order valence-electron chi connectivity index (χ0n) is 17.2. The van der Waals surface area contributed by atoms with Gasteiger partial charge in [-0.15, -0.1) is 11.3 Å². The van der Waals surface area contributed by atoms with Crippen LogP contribution in [0.2, 0.25) is 0 Å². The number of hydrogen-bond acceptors (Lipinski definition) is 6. The van der Waals surface area contributed by atoms with Gasteiger partial charge < -0.3 is 0 Å². The molecule has 3 rings (SSSR count). The lowest BCUT2D eigenvalue weighted by Crippen LogP contribution is -2.30. The molecule has 0 atom stereocenters. The van der Waals surface area contributed by atoms with Gasteiger partial charge in [0.15, 0.2) is 5.13 Å². The first-order chi connectivity index (χ1) is 14.0. The summed E-state index contributed by atoms with van der Waals surface area (Å²) < 4.78 is 28.3. The van der Waals surface area contributed by atoms with Gasteiger partial charge in [0.2, 0.25) is 0 Å². The van der Waals surface area contributed by atoms with E-state index in [1.807, 2.05) is 58.0 Å². The molecule has 0 N–H and O–H groups in total. The maximum absolute atomic E-state index is 13.6. The fourth-order valence-electron chi connectivity index (χ4n) is 3.07. The van der Waals surface area contributed by atoms with Crippen molar-refractivity contribution >= 4 is 32.2 Å². The van der Waals surface area contributed by atoms with Crippen molar-refractivity contribution in [2.45, 2.75) is 44.6 Å². The van der Waals surface area contributed by atoms with Gasteiger partial charge in [0.1, 0.15) is 0 Å². The Kier molecular flexibility index (Phi) is 5.96.